The Balaban J connectivity index is 1.63. The molecule has 1 aliphatic heterocycles. The zero-order valence-corrected chi connectivity index (χ0v) is 15.1. The number of hydrogen-bond donors (Lipinski definition) is 0. The van der Waals surface area contributed by atoms with Crippen molar-refractivity contribution in [2.24, 2.45) is 0 Å². The zero-order valence-electron chi connectivity index (χ0n) is 15.1. The quantitative estimate of drug-likeness (QED) is 0.487. The lowest BCUT2D eigenvalue weighted by Crippen LogP contribution is -2.14. The second-order valence-corrected chi connectivity index (χ2v) is 6.96. The van der Waals surface area contributed by atoms with E-state index in [0.717, 1.165) is 0 Å². The van der Waals surface area contributed by atoms with Crippen LogP contribution in [0.3, 0.4) is 0 Å². The van der Waals surface area contributed by atoms with Gasteiger partial charge < -0.3 is 4.74 Å². The minimum atomic E-state index is -0.221. The van der Waals surface area contributed by atoms with Crippen molar-refractivity contribution in [3.63, 3.8) is 0 Å². The standard InChI is InChI=1S/C23H23NO2/c1-16(18-8-4-3-5-9-18)24-22(15-26-17(2)25)23(24)21-13-12-19-10-6-7-11-20(19)14-21/h3-14,16,22-23H,15H2,1-2H3/t16-,22+,23-,24?/m1/s1. The van der Waals surface area contributed by atoms with Gasteiger partial charge in [0.1, 0.15) is 6.61 Å². The molecule has 1 aliphatic rings. The van der Waals surface area contributed by atoms with Crippen LogP contribution in [0.15, 0.2) is 72.8 Å². The van der Waals surface area contributed by atoms with Gasteiger partial charge in [0.2, 0.25) is 0 Å². The lowest BCUT2D eigenvalue weighted by molar-refractivity contribution is -0.141. The minimum absolute atomic E-state index is 0.218. The van der Waals surface area contributed by atoms with E-state index in [9.17, 15) is 4.79 Å². The normalized spacial score (nSPS) is 22.8. The van der Waals surface area contributed by atoms with Crippen LogP contribution in [0.2, 0.25) is 0 Å². The second kappa shape index (κ2) is 6.93. The predicted molar refractivity (Wildman–Crippen MR) is 104 cm³/mol. The van der Waals surface area contributed by atoms with E-state index in [-0.39, 0.29) is 24.1 Å². The van der Waals surface area contributed by atoms with E-state index in [2.05, 4.69) is 78.6 Å². The number of ether oxygens (including phenoxy) is 1. The Morgan fingerprint density at radius 1 is 1.00 bits per heavy atom. The number of carbonyl (C=O) groups is 1. The van der Waals surface area contributed by atoms with Crippen LogP contribution in [-0.4, -0.2) is 23.5 Å². The molecule has 0 bridgehead atoms. The SMILES string of the molecule is CC(=O)OC[C@H]1[C@@H](c2ccc3ccccc3c2)N1[C@H](C)c1ccccc1. The molecule has 1 fully saturated rings. The van der Waals surface area contributed by atoms with Crippen LogP contribution < -0.4 is 0 Å². The smallest absolute Gasteiger partial charge is 0.302 e. The van der Waals surface area contributed by atoms with Crippen molar-refractivity contribution in [3.05, 3.63) is 83.9 Å². The molecule has 1 saturated heterocycles. The Labute approximate surface area is 154 Å². The highest BCUT2D eigenvalue weighted by molar-refractivity contribution is 5.83. The Bertz CT molecular complexity index is 922. The van der Waals surface area contributed by atoms with Crippen LogP contribution in [0, 0.1) is 0 Å². The molecular weight excluding hydrogens is 322 g/mol. The highest BCUT2D eigenvalue weighted by atomic mass is 16.5. The molecule has 0 aliphatic carbocycles. The highest BCUT2D eigenvalue weighted by Crippen LogP contribution is 2.49. The number of benzene rings is 3. The van der Waals surface area contributed by atoms with Crippen LogP contribution in [0.4, 0.5) is 0 Å². The maximum Gasteiger partial charge on any atom is 0.302 e. The molecule has 3 aromatic carbocycles. The van der Waals surface area contributed by atoms with Crippen LogP contribution >= 0.6 is 0 Å². The number of esters is 1. The second-order valence-electron chi connectivity index (χ2n) is 6.96. The molecule has 3 heteroatoms. The fourth-order valence-corrected chi connectivity index (χ4v) is 3.90. The molecule has 1 unspecified atom stereocenters. The van der Waals surface area contributed by atoms with Crippen molar-refractivity contribution in [2.45, 2.75) is 32.0 Å². The van der Waals surface area contributed by atoms with Crippen LogP contribution in [0.1, 0.15) is 37.1 Å². The Morgan fingerprint density at radius 2 is 1.69 bits per heavy atom. The highest BCUT2D eigenvalue weighted by Gasteiger charge is 2.51. The molecule has 4 rings (SSSR count). The van der Waals surface area contributed by atoms with E-state index >= 15 is 0 Å². The molecule has 132 valence electrons. The summed E-state index contributed by atoms with van der Waals surface area (Å²) in [5.41, 5.74) is 2.56. The third kappa shape index (κ3) is 3.23. The van der Waals surface area contributed by atoms with Gasteiger partial charge in [0.25, 0.3) is 0 Å². The summed E-state index contributed by atoms with van der Waals surface area (Å²) in [7, 11) is 0. The van der Waals surface area contributed by atoms with E-state index in [0.29, 0.717) is 6.61 Å². The van der Waals surface area contributed by atoms with Gasteiger partial charge >= 0.3 is 5.97 Å². The van der Waals surface area contributed by atoms with Crippen molar-refractivity contribution < 1.29 is 9.53 Å². The molecule has 1 heterocycles. The van der Waals surface area contributed by atoms with Crippen LogP contribution in [0.5, 0.6) is 0 Å². The molecular formula is C23H23NO2. The van der Waals surface area contributed by atoms with Gasteiger partial charge in [0.15, 0.2) is 0 Å². The molecule has 26 heavy (non-hydrogen) atoms. The van der Waals surface area contributed by atoms with Crippen LogP contribution in [0.25, 0.3) is 10.8 Å². The van der Waals surface area contributed by atoms with Gasteiger partial charge in [-0.2, -0.15) is 0 Å². The predicted octanol–water partition coefficient (Wildman–Crippen LogP) is 4.89. The van der Waals surface area contributed by atoms with E-state index in [4.69, 9.17) is 4.74 Å². The number of carbonyl (C=O) groups excluding carboxylic acids is 1. The van der Waals surface area contributed by atoms with E-state index in [1.165, 1.54) is 28.8 Å². The molecule has 3 aromatic rings. The monoisotopic (exact) mass is 345 g/mol. The first-order valence-electron chi connectivity index (χ1n) is 9.09. The van der Waals surface area contributed by atoms with Gasteiger partial charge in [-0.25, -0.2) is 0 Å². The summed E-state index contributed by atoms with van der Waals surface area (Å²) in [6.45, 7) is 4.12. The molecule has 0 amide bonds. The van der Waals surface area contributed by atoms with Gasteiger partial charge in [0, 0.05) is 13.0 Å². The van der Waals surface area contributed by atoms with Gasteiger partial charge in [0.05, 0.1) is 12.1 Å². The fourth-order valence-electron chi connectivity index (χ4n) is 3.90. The maximum atomic E-state index is 11.3. The molecule has 0 aromatic heterocycles. The number of rotatable bonds is 5. The van der Waals surface area contributed by atoms with E-state index in [1.807, 2.05) is 6.07 Å². The summed E-state index contributed by atoms with van der Waals surface area (Å²) < 4.78 is 5.34. The van der Waals surface area contributed by atoms with Gasteiger partial charge in [-0.1, -0.05) is 66.7 Å². The first-order valence-corrected chi connectivity index (χ1v) is 9.09. The van der Waals surface area contributed by atoms with E-state index < -0.39 is 0 Å². The van der Waals surface area contributed by atoms with Crippen molar-refractivity contribution in [2.75, 3.05) is 6.61 Å². The lowest BCUT2D eigenvalue weighted by Gasteiger charge is -2.15. The zero-order chi connectivity index (χ0) is 18.1. The van der Waals surface area contributed by atoms with Crippen molar-refractivity contribution in [3.8, 4) is 0 Å². The average Bonchev–Trinajstić information content (AvgIpc) is 3.40. The van der Waals surface area contributed by atoms with Gasteiger partial charge in [-0.15, -0.1) is 0 Å². The Morgan fingerprint density at radius 3 is 2.42 bits per heavy atom. The van der Waals surface area contributed by atoms with Gasteiger partial charge in [-0.05, 0) is 34.9 Å². The van der Waals surface area contributed by atoms with Crippen molar-refractivity contribution in [1.29, 1.82) is 0 Å². The lowest BCUT2D eigenvalue weighted by atomic mass is 10.0. The summed E-state index contributed by atoms with van der Waals surface area (Å²) in [6.07, 6.45) is 0. The largest absolute Gasteiger partial charge is 0.464 e. The summed E-state index contributed by atoms with van der Waals surface area (Å²) >= 11 is 0. The summed E-state index contributed by atoms with van der Waals surface area (Å²) in [5.74, 6) is -0.221. The molecule has 0 N–H and O–H groups in total. The van der Waals surface area contributed by atoms with Crippen molar-refractivity contribution >= 4 is 16.7 Å². The summed E-state index contributed by atoms with van der Waals surface area (Å²) in [4.78, 5) is 13.7. The first-order chi connectivity index (χ1) is 12.6. The third-order valence-electron chi connectivity index (χ3n) is 5.28. The Hall–Kier alpha value is -2.65. The topological polar surface area (TPSA) is 29.3 Å². The molecule has 3 nitrogen and oxygen atoms in total. The molecule has 4 atom stereocenters. The van der Waals surface area contributed by atoms with Gasteiger partial charge in [-0.3, -0.25) is 9.69 Å². The van der Waals surface area contributed by atoms with Crippen molar-refractivity contribution in [1.82, 2.24) is 4.90 Å². The summed E-state index contributed by atoms with van der Waals surface area (Å²) in [5, 5.41) is 2.49. The maximum absolute atomic E-state index is 11.3. The third-order valence-corrected chi connectivity index (χ3v) is 5.28. The Kier molecular flexibility index (Phi) is 4.48. The molecule has 0 radical (unpaired) electrons. The molecule has 0 spiro atoms. The average molecular weight is 345 g/mol. The van der Waals surface area contributed by atoms with E-state index in [1.54, 1.807) is 0 Å². The fraction of sp³-hybridized carbons (Fsp3) is 0.261. The summed E-state index contributed by atoms with van der Waals surface area (Å²) in [6, 6.07) is 26.3. The number of fused-ring (bicyclic) bond motifs is 1. The first kappa shape index (κ1) is 16.8. The number of nitrogens with zero attached hydrogens (tertiary/aromatic N) is 1. The van der Waals surface area contributed by atoms with Crippen LogP contribution in [-0.2, 0) is 9.53 Å². The minimum Gasteiger partial charge on any atom is -0.464 e. The number of hydrogen-bond acceptors (Lipinski definition) is 3. The molecule has 0 saturated carbocycles.